The summed E-state index contributed by atoms with van der Waals surface area (Å²) < 4.78 is 33.1. The number of nitrogens with zero attached hydrogens (tertiary/aromatic N) is 3. The number of thiophene rings is 1. The highest BCUT2D eigenvalue weighted by molar-refractivity contribution is 7.94. The first-order valence-electron chi connectivity index (χ1n) is 11.2. The lowest BCUT2D eigenvalue weighted by atomic mass is 10.1. The number of methoxy groups -OCH3 is 1. The Balaban J connectivity index is 0.00000178. The topological polar surface area (TPSA) is 112 Å². The number of carboxylic acid groups (broad SMARTS) is 1. The molecule has 0 amide bonds. The number of hydrogen-bond donors (Lipinski definition) is 2. The van der Waals surface area contributed by atoms with Crippen molar-refractivity contribution in [3.63, 3.8) is 0 Å². The molecule has 39 heavy (non-hydrogen) atoms. The normalized spacial score (nSPS) is 13.1. The molecule has 1 aliphatic rings. The van der Waals surface area contributed by atoms with E-state index < -0.39 is 16.0 Å². The maximum atomic E-state index is 12.6. The van der Waals surface area contributed by atoms with Crippen molar-refractivity contribution in [3.8, 4) is 5.75 Å². The van der Waals surface area contributed by atoms with Crippen LogP contribution in [0.5, 0.6) is 5.75 Å². The van der Waals surface area contributed by atoms with Gasteiger partial charge < -0.3 is 19.6 Å². The molecule has 4 aromatic rings. The largest absolute Gasteiger partial charge is 0.497 e. The Morgan fingerprint density at radius 2 is 1.64 bits per heavy atom. The zero-order valence-corrected chi connectivity index (χ0v) is 24.7. The molecule has 0 spiro atoms. The van der Waals surface area contributed by atoms with Gasteiger partial charge in [-0.2, -0.15) is 0 Å². The second-order valence-electron chi connectivity index (χ2n) is 8.27. The van der Waals surface area contributed by atoms with Crippen molar-refractivity contribution >= 4 is 92.6 Å². The fraction of sp³-hybridized carbons (Fsp3) is 0.200. The monoisotopic (exact) mass is 632 g/mol. The Hall–Kier alpha value is -2.96. The number of pyridine rings is 1. The third-order valence-corrected chi connectivity index (χ3v) is 8.86. The van der Waals surface area contributed by atoms with Gasteiger partial charge in [-0.05, 0) is 60.0 Å². The first kappa shape index (κ1) is 32.3. The summed E-state index contributed by atoms with van der Waals surface area (Å²) in [6, 6.07) is 17.4. The maximum Gasteiger partial charge on any atom is 0.336 e. The molecule has 0 atom stereocenters. The quantitative estimate of drug-likeness (QED) is 0.279. The highest BCUT2D eigenvalue weighted by Crippen LogP contribution is 2.29. The molecule has 0 bridgehead atoms. The highest BCUT2D eigenvalue weighted by atomic mass is 35.5. The van der Waals surface area contributed by atoms with Crippen LogP contribution in [0.4, 0.5) is 17.2 Å². The van der Waals surface area contributed by atoms with E-state index in [1.807, 2.05) is 24.3 Å². The van der Waals surface area contributed by atoms with Crippen molar-refractivity contribution in [1.29, 1.82) is 0 Å². The van der Waals surface area contributed by atoms with Gasteiger partial charge in [0.25, 0.3) is 10.0 Å². The molecule has 3 heterocycles. The minimum Gasteiger partial charge on any atom is -0.497 e. The van der Waals surface area contributed by atoms with Crippen molar-refractivity contribution in [3.05, 3.63) is 71.6 Å². The van der Waals surface area contributed by atoms with Gasteiger partial charge in [-0.15, -0.1) is 48.6 Å². The van der Waals surface area contributed by atoms with Crippen LogP contribution in [0.2, 0.25) is 0 Å². The van der Waals surface area contributed by atoms with Crippen molar-refractivity contribution in [2.45, 2.75) is 4.21 Å². The van der Waals surface area contributed by atoms with Gasteiger partial charge in [0.1, 0.15) is 15.8 Å². The number of rotatable bonds is 7. The number of halogens is 3. The fourth-order valence-electron chi connectivity index (χ4n) is 4.22. The van der Waals surface area contributed by atoms with E-state index in [1.165, 1.54) is 12.1 Å². The molecule has 0 unspecified atom stereocenters. The third kappa shape index (κ3) is 6.98. The minimum absolute atomic E-state index is 0. The fourth-order valence-corrected chi connectivity index (χ4v) is 6.27. The minimum atomic E-state index is -3.75. The van der Waals surface area contributed by atoms with E-state index in [0.29, 0.717) is 29.8 Å². The van der Waals surface area contributed by atoms with Gasteiger partial charge in [-0.3, -0.25) is 4.72 Å². The SMILES string of the molecule is COc1ccc(N2CCN(c3cc(C(=O)O)c4cc(NS(=O)(=O)c5cccs5)ccc4n3)CC2)cc1.Cl.Cl.Cl. The van der Waals surface area contributed by atoms with Gasteiger partial charge in [0.2, 0.25) is 0 Å². The van der Waals surface area contributed by atoms with Crippen molar-refractivity contribution in [2.24, 2.45) is 0 Å². The van der Waals surface area contributed by atoms with E-state index in [2.05, 4.69) is 14.5 Å². The number of anilines is 3. The lowest BCUT2D eigenvalue weighted by molar-refractivity contribution is 0.0699. The third-order valence-electron chi connectivity index (χ3n) is 6.08. The summed E-state index contributed by atoms with van der Waals surface area (Å²) in [7, 11) is -2.11. The summed E-state index contributed by atoms with van der Waals surface area (Å²) >= 11 is 1.11. The Morgan fingerprint density at radius 3 is 2.23 bits per heavy atom. The van der Waals surface area contributed by atoms with Crippen LogP contribution in [0, 0.1) is 0 Å². The molecular weight excluding hydrogens is 607 g/mol. The smallest absolute Gasteiger partial charge is 0.336 e. The number of aromatic nitrogens is 1. The number of fused-ring (bicyclic) bond motifs is 1. The Morgan fingerprint density at radius 1 is 0.974 bits per heavy atom. The molecule has 210 valence electrons. The predicted molar refractivity (Wildman–Crippen MR) is 163 cm³/mol. The molecule has 2 N–H and O–H groups in total. The van der Waals surface area contributed by atoms with Crippen molar-refractivity contribution in [1.82, 2.24) is 4.98 Å². The molecule has 14 heteroatoms. The van der Waals surface area contributed by atoms with Crippen molar-refractivity contribution < 1.29 is 23.1 Å². The summed E-state index contributed by atoms with van der Waals surface area (Å²) in [5.41, 5.74) is 1.94. The molecule has 1 saturated heterocycles. The Labute approximate surface area is 249 Å². The molecule has 0 radical (unpaired) electrons. The van der Waals surface area contributed by atoms with E-state index in [0.717, 1.165) is 35.9 Å². The molecule has 0 aliphatic carbocycles. The maximum absolute atomic E-state index is 12.6. The number of sulfonamides is 1. The summed E-state index contributed by atoms with van der Waals surface area (Å²) in [6.07, 6.45) is 0. The second kappa shape index (κ2) is 13.4. The number of piperazine rings is 1. The molecule has 9 nitrogen and oxygen atoms in total. The van der Waals surface area contributed by atoms with Gasteiger partial charge in [0, 0.05) is 42.9 Å². The molecule has 1 fully saturated rings. The van der Waals surface area contributed by atoms with Gasteiger partial charge in [-0.25, -0.2) is 18.2 Å². The highest BCUT2D eigenvalue weighted by Gasteiger charge is 2.22. The number of hydrogen-bond acceptors (Lipinski definition) is 8. The Kier molecular flexibility index (Phi) is 11.1. The second-order valence-corrected chi connectivity index (χ2v) is 11.1. The van der Waals surface area contributed by atoms with Gasteiger partial charge in [0.05, 0.1) is 18.2 Å². The number of aromatic carboxylic acids is 1. The van der Waals surface area contributed by atoms with Crippen LogP contribution in [-0.4, -0.2) is 57.8 Å². The number of carbonyl (C=O) groups is 1. The molecule has 1 aliphatic heterocycles. The van der Waals surface area contributed by atoms with Crippen LogP contribution in [0.1, 0.15) is 10.4 Å². The summed E-state index contributed by atoms with van der Waals surface area (Å²) in [5, 5.41) is 12.0. The Bertz CT molecular complexity index is 1510. The van der Waals surface area contributed by atoms with E-state index in [1.54, 1.807) is 36.8 Å². The van der Waals surface area contributed by atoms with Crippen LogP contribution in [0.3, 0.4) is 0 Å². The van der Waals surface area contributed by atoms with Crippen molar-refractivity contribution in [2.75, 3.05) is 47.8 Å². The van der Waals surface area contributed by atoms with E-state index in [9.17, 15) is 18.3 Å². The van der Waals surface area contributed by atoms with Gasteiger partial charge in [0.15, 0.2) is 0 Å². The molecule has 2 aromatic carbocycles. The lowest BCUT2D eigenvalue weighted by Crippen LogP contribution is -2.46. The molecule has 5 rings (SSSR count). The van der Waals surface area contributed by atoms with Crippen LogP contribution < -0.4 is 19.3 Å². The van der Waals surface area contributed by atoms with Crippen LogP contribution >= 0.6 is 48.6 Å². The summed E-state index contributed by atoms with van der Waals surface area (Å²) in [4.78, 5) is 21.2. The average molecular weight is 634 g/mol. The van der Waals surface area contributed by atoms with Crippen LogP contribution in [0.15, 0.2) is 70.3 Å². The van der Waals surface area contributed by atoms with Crippen LogP contribution in [0.25, 0.3) is 10.9 Å². The zero-order chi connectivity index (χ0) is 25.3. The molecular formula is C25H27Cl3N4O5S2. The lowest BCUT2D eigenvalue weighted by Gasteiger charge is -2.37. The van der Waals surface area contributed by atoms with E-state index in [-0.39, 0.29) is 52.7 Å². The molecule has 2 aromatic heterocycles. The predicted octanol–water partition coefficient (Wildman–Crippen LogP) is 5.40. The first-order valence-corrected chi connectivity index (χ1v) is 13.6. The average Bonchev–Trinajstić information content (AvgIpc) is 3.44. The molecule has 0 saturated carbocycles. The standard InChI is InChI=1S/C25H24N4O5S2.3ClH/c1-34-19-7-5-18(6-8-19)28-10-12-29(13-11-28)23-16-21(25(30)31)20-15-17(4-9-22(20)26-23)27-36(32,33)24-3-2-14-35-24;;;/h2-9,14-16,27H,10-13H2,1H3,(H,30,31);3*1H. The van der Waals surface area contributed by atoms with E-state index >= 15 is 0 Å². The number of nitrogens with one attached hydrogen (secondary N) is 1. The number of benzene rings is 2. The van der Waals surface area contributed by atoms with E-state index in [4.69, 9.17) is 9.72 Å². The van der Waals surface area contributed by atoms with Gasteiger partial charge in [-0.1, -0.05) is 6.07 Å². The first-order chi connectivity index (χ1) is 17.3. The summed E-state index contributed by atoms with van der Waals surface area (Å²) in [6.45, 7) is 2.89. The number of ether oxygens (including phenoxy) is 1. The summed E-state index contributed by atoms with van der Waals surface area (Å²) in [5.74, 6) is 0.293. The van der Waals surface area contributed by atoms with Gasteiger partial charge >= 0.3 is 5.97 Å². The number of carboxylic acids is 1. The van der Waals surface area contributed by atoms with Crippen LogP contribution in [-0.2, 0) is 10.0 Å². The zero-order valence-electron chi connectivity index (χ0n) is 20.6.